The van der Waals surface area contributed by atoms with Gasteiger partial charge in [-0.15, -0.1) is 0 Å². The summed E-state index contributed by atoms with van der Waals surface area (Å²) in [5, 5.41) is 9.25. The van der Waals surface area contributed by atoms with Crippen LogP contribution in [0.1, 0.15) is 28.8 Å². The van der Waals surface area contributed by atoms with E-state index in [0.717, 1.165) is 29.4 Å². The molecule has 0 heterocycles. The number of hydrogen-bond donors (Lipinski definition) is 1. The number of hydrogen-bond acceptors (Lipinski definition) is 2. The molecule has 1 aliphatic rings. The number of benzene rings is 1. The number of carbonyl (C=O) groups is 1. The summed E-state index contributed by atoms with van der Waals surface area (Å²) in [6, 6.07) is 5.74. The van der Waals surface area contributed by atoms with E-state index in [-0.39, 0.29) is 12.0 Å². The molecule has 0 aromatic heterocycles. The Hall–Kier alpha value is -0.870. The van der Waals surface area contributed by atoms with E-state index in [9.17, 15) is 9.90 Å². The van der Waals surface area contributed by atoms with Crippen molar-refractivity contribution in [3.05, 3.63) is 33.8 Å². The van der Waals surface area contributed by atoms with Gasteiger partial charge < -0.3 is 10.0 Å². The van der Waals surface area contributed by atoms with Crippen LogP contribution in [-0.4, -0.2) is 35.6 Å². The van der Waals surface area contributed by atoms with Gasteiger partial charge in [-0.25, -0.2) is 0 Å². The molecule has 0 atom stereocenters. The minimum Gasteiger partial charge on any atom is -0.393 e. The molecule has 1 aromatic carbocycles. The molecule has 1 aromatic rings. The predicted molar refractivity (Wildman–Crippen MR) is 74.6 cm³/mol. The van der Waals surface area contributed by atoms with Crippen LogP contribution in [0.25, 0.3) is 0 Å². The summed E-state index contributed by atoms with van der Waals surface area (Å²) in [6.45, 7) is 2.70. The Kier molecular flexibility index (Phi) is 4.07. The highest BCUT2D eigenvalue weighted by atomic mass is 79.9. The molecule has 3 nitrogen and oxygen atoms in total. The molecule has 18 heavy (non-hydrogen) atoms. The first kappa shape index (κ1) is 13.6. The van der Waals surface area contributed by atoms with Crippen LogP contribution in [0.15, 0.2) is 22.7 Å². The third-order valence-electron chi connectivity index (χ3n) is 3.38. The van der Waals surface area contributed by atoms with Gasteiger partial charge in [-0.2, -0.15) is 0 Å². The Morgan fingerprint density at radius 2 is 2.11 bits per heavy atom. The van der Waals surface area contributed by atoms with Gasteiger partial charge in [-0.3, -0.25) is 4.79 Å². The number of aryl methyl sites for hydroxylation is 1. The molecule has 0 aliphatic heterocycles. The van der Waals surface area contributed by atoms with Crippen molar-refractivity contribution in [2.24, 2.45) is 5.92 Å². The number of aliphatic hydroxyl groups is 1. The highest BCUT2D eigenvalue weighted by molar-refractivity contribution is 9.10. The van der Waals surface area contributed by atoms with Gasteiger partial charge in [0.1, 0.15) is 0 Å². The highest BCUT2D eigenvalue weighted by Gasteiger charge is 2.29. The lowest BCUT2D eigenvalue weighted by atomic mass is 9.82. The van der Waals surface area contributed by atoms with Gasteiger partial charge in [0.25, 0.3) is 5.91 Å². The molecule has 0 spiro atoms. The first-order chi connectivity index (χ1) is 8.45. The molecule has 0 saturated heterocycles. The zero-order chi connectivity index (χ0) is 13.3. The van der Waals surface area contributed by atoms with Crippen LogP contribution in [0, 0.1) is 12.8 Å². The third kappa shape index (κ3) is 3.12. The fourth-order valence-electron chi connectivity index (χ4n) is 2.40. The van der Waals surface area contributed by atoms with Crippen LogP contribution in [-0.2, 0) is 0 Å². The Morgan fingerprint density at radius 3 is 2.67 bits per heavy atom. The smallest absolute Gasteiger partial charge is 0.253 e. The van der Waals surface area contributed by atoms with Crippen molar-refractivity contribution in [2.75, 3.05) is 13.6 Å². The van der Waals surface area contributed by atoms with E-state index in [1.807, 2.05) is 32.2 Å². The van der Waals surface area contributed by atoms with Gasteiger partial charge in [0.05, 0.1) is 6.10 Å². The van der Waals surface area contributed by atoms with Crippen molar-refractivity contribution in [1.29, 1.82) is 0 Å². The largest absolute Gasteiger partial charge is 0.393 e. The molecule has 1 amide bonds. The zero-order valence-electron chi connectivity index (χ0n) is 10.7. The second-order valence-corrected chi connectivity index (χ2v) is 6.11. The fourth-order valence-corrected chi connectivity index (χ4v) is 3.01. The summed E-state index contributed by atoms with van der Waals surface area (Å²) in [4.78, 5) is 14.0. The minimum atomic E-state index is -0.161. The minimum absolute atomic E-state index is 0.0424. The summed E-state index contributed by atoms with van der Waals surface area (Å²) in [6.07, 6.45) is 1.47. The molecule has 4 heteroatoms. The molecular weight excluding hydrogens is 294 g/mol. The Labute approximate surface area is 116 Å². The maximum Gasteiger partial charge on any atom is 0.253 e. The van der Waals surface area contributed by atoms with Gasteiger partial charge in [-0.05, 0) is 49.4 Å². The van der Waals surface area contributed by atoms with E-state index in [2.05, 4.69) is 15.9 Å². The van der Waals surface area contributed by atoms with Crippen molar-refractivity contribution in [3.8, 4) is 0 Å². The second kappa shape index (κ2) is 5.41. The number of halogens is 1. The number of carbonyl (C=O) groups excluding carboxylic acids is 1. The summed E-state index contributed by atoms with van der Waals surface area (Å²) in [5.41, 5.74) is 1.78. The van der Waals surface area contributed by atoms with Crippen molar-refractivity contribution >= 4 is 21.8 Å². The van der Waals surface area contributed by atoms with Crippen LogP contribution in [0.2, 0.25) is 0 Å². The molecule has 2 rings (SSSR count). The lowest BCUT2D eigenvalue weighted by Gasteiger charge is -2.34. The fraction of sp³-hybridized carbons (Fsp3) is 0.500. The zero-order valence-corrected chi connectivity index (χ0v) is 12.3. The quantitative estimate of drug-likeness (QED) is 0.932. The van der Waals surface area contributed by atoms with Crippen molar-refractivity contribution in [3.63, 3.8) is 0 Å². The molecular formula is C14H18BrNO2. The number of rotatable bonds is 3. The van der Waals surface area contributed by atoms with Gasteiger partial charge >= 0.3 is 0 Å². The van der Waals surface area contributed by atoms with Crippen molar-refractivity contribution in [1.82, 2.24) is 4.90 Å². The summed E-state index contributed by atoms with van der Waals surface area (Å²) >= 11 is 3.41. The molecule has 0 unspecified atom stereocenters. The standard InChI is InChI=1S/C14H18BrNO2/c1-9-3-11(7-12(15)4-9)14(18)16(2)8-10-5-13(17)6-10/h3-4,7,10,13,17H,5-6,8H2,1-2H3. The Bertz CT molecular complexity index is 435. The third-order valence-corrected chi connectivity index (χ3v) is 3.84. The van der Waals surface area contributed by atoms with Crippen LogP contribution >= 0.6 is 15.9 Å². The first-order valence-electron chi connectivity index (χ1n) is 6.16. The second-order valence-electron chi connectivity index (χ2n) is 5.19. The average molecular weight is 312 g/mol. The van der Waals surface area contributed by atoms with E-state index < -0.39 is 0 Å². The van der Waals surface area contributed by atoms with Crippen LogP contribution in [0.3, 0.4) is 0 Å². The summed E-state index contributed by atoms with van der Waals surface area (Å²) < 4.78 is 0.929. The normalized spacial score (nSPS) is 22.4. The lowest BCUT2D eigenvalue weighted by molar-refractivity contribution is 0.0265. The maximum absolute atomic E-state index is 12.2. The summed E-state index contributed by atoms with van der Waals surface area (Å²) in [5.74, 6) is 0.489. The summed E-state index contributed by atoms with van der Waals surface area (Å²) in [7, 11) is 1.82. The molecule has 1 saturated carbocycles. The Morgan fingerprint density at radius 1 is 1.44 bits per heavy atom. The number of nitrogens with zero attached hydrogens (tertiary/aromatic N) is 1. The van der Waals surface area contributed by atoms with Crippen LogP contribution in [0.4, 0.5) is 0 Å². The lowest BCUT2D eigenvalue weighted by Crippen LogP contribution is -2.39. The van der Waals surface area contributed by atoms with E-state index in [1.54, 1.807) is 4.90 Å². The SMILES string of the molecule is Cc1cc(Br)cc(C(=O)N(C)CC2CC(O)C2)c1. The predicted octanol–water partition coefficient (Wildman–Crippen LogP) is 2.60. The van der Waals surface area contributed by atoms with E-state index >= 15 is 0 Å². The van der Waals surface area contributed by atoms with Crippen LogP contribution < -0.4 is 0 Å². The van der Waals surface area contributed by atoms with Crippen LogP contribution in [0.5, 0.6) is 0 Å². The molecule has 98 valence electrons. The van der Waals surface area contributed by atoms with Gasteiger partial charge in [0.15, 0.2) is 0 Å². The monoisotopic (exact) mass is 311 g/mol. The molecule has 1 aliphatic carbocycles. The first-order valence-corrected chi connectivity index (χ1v) is 6.95. The van der Waals surface area contributed by atoms with Gasteiger partial charge in [0.2, 0.25) is 0 Å². The van der Waals surface area contributed by atoms with E-state index in [1.165, 1.54) is 0 Å². The molecule has 0 radical (unpaired) electrons. The number of aliphatic hydroxyl groups excluding tert-OH is 1. The maximum atomic E-state index is 12.2. The molecule has 1 fully saturated rings. The molecule has 1 N–H and O–H groups in total. The van der Waals surface area contributed by atoms with E-state index in [0.29, 0.717) is 11.5 Å². The number of amides is 1. The van der Waals surface area contributed by atoms with Crippen molar-refractivity contribution < 1.29 is 9.90 Å². The average Bonchev–Trinajstić information content (AvgIpc) is 2.24. The van der Waals surface area contributed by atoms with Gasteiger partial charge in [0, 0.05) is 23.6 Å². The molecule has 0 bridgehead atoms. The van der Waals surface area contributed by atoms with Gasteiger partial charge in [-0.1, -0.05) is 15.9 Å². The van der Waals surface area contributed by atoms with E-state index in [4.69, 9.17) is 0 Å². The highest BCUT2D eigenvalue weighted by Crippen LogP contribution is 2.28. The topological polar surface area (TPSA) is 40.5 Å². The Balaban J connectivity index is 2.01. The van der Waals surface area contributed by atoms with Crippen molar-refractivity contribution in [2.45, 2.75) is 25.9 Å².